The van der Waals surface area contributed by atoms with E-state index < -0.39 is 0 Å². The Morgan fingerprint density at radius 2 is 1.86 bits per heavy atom. The molecule has 5 rings (SSSR count). The Kier molecular flexibility index (Phi) is 6.45. The Morgan fingerprint density at radius 1 is 1.08 bits per heavy atom. The average molecular weight is 501 g/mol. The number of aromatic nitrogens is 6. The summed E-state index contributed by atoms with van der Waals surface area (Å²) in [6.07, 6.45) is 1.63. The van der Waals surface area contributed by atoms with Crippen molar-refractivity contribution in [2.24, 2.45) is 7.05 Å². The third-order valence-corrected chi connectivity index (χ3v) is 6.06. The maximum atomic E-state index is 12.6. The second-order valence-electron chi connectivity index (χ2n) is 9.01. The largest absolute Gasteiger partial charge is 0.394 e. The quantitative estimate of drug-likeness (QED) is 0.289. The van der Waals surface area contributed by atoms with Crippen molar-refractivity contribution in [3.05, 3.63) is 76.5 Å². The molecule has 0 amide bonds. The van der Waals surface area contributed by atoms with Gasteiger partial charge in [0.2, 0.25) is 0 Å². The molecule has 11 heteroatoms. The zero-order valence-corrected chi connectivity index (χ0v) is 21.0. The summed E-state index contributed by atoms with van der Waals surface area (Å²) in [5.41, 5.74) is 2.66. The number of anilines is 3. The summed E-state index contributed by atoms with van der Waals surface area (Å²) < 4.78 is 8.83. The fraction of sp³-hybridized carbons (Fsp3) is 0.269. The number of hydrogen-bond donors (Lipinski definition) is 3. The molecule has 4 aromatic heterocycles. The first-order chi connectivity index (χ1) is 17.9. The summed E-state index contributed by atoms with van der Waals surface area (Å²) in [5, 5.41) is 21.2. The van der Waals surface area contributed by atoms with Gasteiger partial charge in [0.1, 0.15) is 11.6 Å². The first kappa shape index (κ1) is 24.2. The zero-order valence-electron chi connectivity index (χ0n) is 21.0. The highest BCUT2D eigenvalue weighted by molar-refractivity contribution is 5.79. The number of benzene rings is 1. The maximum Gasteiger partial charge on any atom is 0.275 e. The van der Waals surface area contributed by atoms with Crippen molar-refractivity contribution in [1.29, 1.82) is 0 Å². The highest BCUT2D eigenvalue weighted by Gasteiger charge is 2.19. The van der Waals surface area contributed by atoms with E-state index in [0.29, 0.717) is 45.6 Å². The molecule has 0 spiro atoms. The smallest absolute Gasteiger partial charge is 0.275 e. The second kappa shape index (κ2) is 9.86. The average Bonchev–Trinajstić information content (AvgIpc) is 3.43. The number of rotatable bonds is 8. The lowest BCUT2D eigenvalue weighted by molar-refractivity contribution is 0.276. The third kappa shape index (κ3) is 4.68. The van der Waals surface area contributed by atoms with Gasteiger partial charge < -0.3 is 20.3 Å². The van der Waals surface area contributed by atoms with E-state index in [4.69, 9.17) is 9.51 Å². The van der Waals surface area contributed by atoms with Gasteiger partial charge in [0, 0.05) is 25.4 Å². The summed E-state index contributed by atoms with van der Waals surface area (Å²) in [4.78, 5) is 26.2. The number of aliphatic hydroxyl groups is 1. The number of hydrogen-bond acceptors (Lipinski definition) is 9. The molecule has 0 unspecified atom stereocenters. The summed E-state index contributed by atoms with van der Waals surface area (Å²) in [6, 6.07) is 14.6. The van der Waals surface area contributed by atoms with Crippen LogP contribution in [0.15, 0.2) is 64.0 Å². The summed E-state index contributed by atoms with van der Waals surface area (Å²) in [7, 11) is 1.74. The van der Waals surface area contributed by atoms with Gasteiger partial charge in [0.25, 0.3) is 11.4 Å². The van der Waals surface area contributed by atoms with E-state index in [1.807, 2.05) is 48.9 Å². The van der Waals surface area contributed by atoms with Gasteiger partial charge in [-0.2, -0.15) is 4.98 Å². The van der Waals surface area contributed by atoms with E-state index in [1.165, 1.54) is 0 Å². The van der Waals surface area contributed by atoms with Gasteiger partial charge in [-0.1, -0.05) is 35.5 Å². The van der Waals surface area contributed by atoms with Crippen molar-refractivity contribution in [2.45, 2.75) is 32.9 Å². The van der Waals surface area contributed by atoms with Crippen molar-refractivity contribution in [1.82, 2.24) is 29.5 Å². The Balaban J connectivity index is 1.53. The van der Waals surface area contributed by atoms with Crippen molar-refractivity contribution in [3.8, 4) is 11.5 Å². The Labute approximate surface area is 212 Å². The van der Waals surface area contributed by atoms with E-state index in [9.17, 15) is 9.90 Å². The van der Waals surface area contributed by atoms with Crippen molar-refractivity contribution in [2.75, 3.05) is 17.2 Å². The van der Waals surface area contributed by atoms with E-state index in [0.717, 1.165) is 5.56 Å². The molecule has 0 radical (unpaired) electrons. The molecule has 0 aliphatic rings. The first-order valence-electron chi connectivity index (χ1n) is 11.9. The summed E-state index contributed by atoms with van der Waals surface area (Å²) in [6.45, 7) is 5.62. The summed E-state index contributed by atoms with van der Waals surface area (Å²) >= 11 is 0. The molecule has 3 N–H and O–H groups in total. The van der Waals surface area contributed by atoms with Gasteiger partial charge in [-0.05, 0) is 38.5 Å². The lowest BCUT2D eigenvalue weighted by Crippen LogP contribution is -2.20. The lowest BCUT2D eigenvalue weighted by atomic mass is 10.1. The Bertz CT molecular complexity index is 1600. The fourth-order valence-electron chi connectivity index (χ4n) is 4.32. The van der Waals surface area contributed by atoms with Gasteiger partial charge in [0.15, 0.2) is 11.5 Å². The molecule has 4 heterocycles. The minimum Gasteiger partial charge on any atom is -0.394 e. The van der Waals surface area contributed by atoms with Crippen LogP contribution in [0.4, 0.5) is 17.3 Å². The zero-order chi connectivity index (χ0) is 26.1. The fourth-order valence-corrected chi connectivity index (χ4v) is 4.32. The second-order valence-corrected chi connectivity index (χ2v) is 9.01. The molecule has 190 valence electrons. The van der Waals surface area contributed by atoms with Gasteiger partial charge in [0.05, 0.1) is 29.3 Å². The SMILES string of the molecule is Cc1noc(-c2cnc(Nc3ccc4c(=O)n(C)n(C(C)C)c4n3)cc2N[C@H](CO)c2ccccc2)n1. The number of fused-ring (bicyclic) bond motifs is 1. The standard InChI is InChI=1S/C26H28N8O3/c1-15(2)34-24-18(26(36)33(34)4)10-11-22(31-24)30-23-12-20(19(13-27-23)25-28-16(3)32-37-25)29-21(14-35)17-8-6-5-7-9-17/h5-13,15,21,35H,14H2,1-4H3,(H2,27,29,30,31)/t21-/m1/s1. The molecular weight excluding hydrogens is 472 g/mol. The van der Waals surface area contributed by atoms with Crippen LogP contribution in [-0.4, -0.2) is 41.2 Å². The van der Waals surface area contributed by atoms with Crippen LogP contribution in [0.25, 0.3) is 22.5 Å². The Morgan fingerprint density at radius 3 is 2.54 bits per heavy atom. The van der Waals surface area contributed by atoms with Crippen LogP contribution in [-0.2, 0) is 7.05 Å². The topological polar surface area (TPSA) is 136 Å². The van der Waals surface area contributed by atoms with Crippen LogP contribution in [0.1, 0.15) is 37.3 Å². The molecule has 1 aromatic carbocycles. The van der Waals surface area contributed by atoms with Crippen LogP contribution < -0.4 is 16.2 Å². The molecule has 0 aliphatic carbocycles. The van der Waals surface area contributed by atoms with E-state index >= 15 is 0 Å². The molecule has 5 aromatic rings. The molecule has 11 nitrogen and oxygen atoms in total. The minimum absolute atomic E-state index is 0.0532. The maximum absolute atomic E-state index is 12.6. The Hall–Kier alpha value is -4.51. The van der Waals surface area contributed by atoms with Crippen LogP contribution in [0.5, 0.6) is 0 Å². The molecule has 0 bridgehead atoms. The van der Waals surface area contributed by atoms with Crippen LogP contribution in [0.3, 0.4) is 0 Å². The monoisotopic (exact) mass is 500 g/mol. The molecule has 0 aliphatic heterocycles. The molecule has 1 atom stereocenters. The molecular formula is C26H28N8O3. The number of nitrogens with one attached hydrogen (secondary N) is 2. The van der Waals surface area contributed by atoms with Gasteiger partial charge in [-0.15, -0.1) is 0 Å². The third-order valence-electron chi connectivity index (χ3n) is 6.06. The molecule has 0 fully saturated rings. The highest BCUT2D eigenvalue weighted by atomic mass is 16.5. The normalized spacial score (nSPS) is 12.3. The van der Waals surface area contributed by atoms with Gasteiger partial charge >= 0.3 is 0 Å². The number of nitrogens with zero attached hydrogens (tertiary/aromatic N) is 6. The van der Waals surface area contributed by atoms with Crippen molar-refractivity contribution >= 4 is 28.4 Å². The van der Waals surface area contributed by atoms with E-state index in [-0.39, 0.29) is 24.2 Å². The van der Waals surface area contributed by atoms with Gasteiger partial charge in [-0.25, -0.2) is 9.97 Å². The number of pyridine rings is 2. The minimum atomic E-state index is -0.376. The number of aliphatic hydroxyl groups excluding tert-OH is 1. The lowest BCUT2D eigenvalue weighted by Gasteiger charge is -2.20. The van der Waals surface area contributed by atoms with Gasteiger partial charge in [-0.3, -0.25) is 14.2 Å². The molecule has 0 saturated heterocycles. The van der Waals surface area contributed by atoms with Crippen molar-refractivity contribution < 1.29 is 9.63 Å². The predicted molar refractivity (Wildman–Crippen MR) is 141 cm³/mol. The predicted octanol–water partition coefficient (Wildman–Crippen LogP) is 3.96. The summed E-state index contributed by atoms with van der Waals surface area (Å²) in [5.74, 6) is 1.86. The van der Waals surface area contributed by atoms with Crippen molar-refractivity contribution in [3.63, 3.8) is 0 Å². The molecule has 0 saturated carbocycles. The van der Waals surface area contributed by atoms with E-state index in [2.05, 4.69) is 25.8 Å². The van der Waals surface area contributed by atoms with Crippen LogP contribution in [0.2, 0.25) is 0 Å². The van der Waals surface area contributed by atoms with E-state index in [1.54, 1.807) is 43.0 Å². The number of aryl methyl sites for hydroxylation is 1. The molecule has 37 heavy (non-hydrogen) atoms. The van der Waals surface area contributed by atoms with Crippen LogP contribution >= 0.6 is 0 Å². The van der Waals surface area contributed by atoms with Crippen LogP contribution in [0, 0.1) is 6.92 Å². The first-order valence-corrected chi connectivity index (χ1v) is 11.9. The highest BCUT2D eigenvalue weighted by Crippen LogP contribution is 2.32.